The van der Waals surface area contributed by atoms with Crippen LogP contribution < -0.4 is 16.4 Å². The lowest BCUT2D eigenvalue weighted by molar-refractivity contribution is -0.119. The number of guanidine groups is 1. The van der Waals surface area contributed by atoms with E-state index in [4.69, 9.17) is 5.73 Å². The SMILES string of the molecule is NC(=NCc1cccc(NC(=O)C2CCCC2)c1)NCCc1ccccn1. The Morgan fingerprint density at radius 1 is 1.19 bits per heavy atom. The number of aromatic nitrogens is 1. The van der Waals surface area contributed by atoms with E-state index in [0.717, 1.165) is 49.0 Å². The predicted octanol–water partition coefficient (Wildman–Crippen LogP) is 2.86. The van der Waals surface area contributed by atoms with Gasteiger partial charge in [0.1, 0.15) is 0 Å². The fraction of sp³-hybridized carbons (Fsp3) is 0.381. The fourth-order valence-electron chi connectivity index (χ4n) is 3.28. The monoisotopic (exact) mass is 365 g/mol. The molecular weight excluding hydrogens is 338 g/mol. The predicted molar refractivity (Wildman–Crippen MR) is 108 cm³/mol. The summed E-state index contributed by atoms with van der Waals surface area (Å²) >= 11 is 0. The second-order valence-corrected chi connectivity index (χ2v) is 6.87. The van der Waals surface area contributed by atoms with Gasteiger partial charge in [0.05, 0.1) is 6.54 Å². The third-order valence-corrected chi connectivity index (χ3v) is 4.77. The van der Waals surface area contributed by atoms with Crippen molar-refractivity contribution in [1.29, 1.82) is 0 Å². The standard InChI is InChI=1S/C21H27N5O/c22-21(24-13-11-18-9-3-4-12-23-18)25-15-16-6-5-10-19(14-16)26-20(27)17-7-1-2-8-17/h3-6,9-10,12,14,17H,1-2,7-8,11,13,15H2,(H,26,27)(H3,22,24,25). The van der Waals surface area contributed by atoms with E-state index in [9.17, 15) is 4.79 Å². The minimum absolute atomic E-state index is 0.129. The molecule has 4 N–H and O–H groups in total. The fourth-order valence-corrected chi connectivity index (χ4v) is 3.28. The number of nitrogens with zero attached hydrogens (tertiary/aromatic N) is 2. The maximum absolute atomic E-state index is 12.3. The summed E-state index contributed by atoms with van der Waals surface area (Å²) in [6.45, 7) is 1.15. The van der Waals surface area contributed by atoms with Gasteiger partial charge in [0, 0.05) is 36.5 Å². The van der Waals surface area contributed by atoms with Crippen LogP contribution in [0.15, 0.2) is 53.7 Å². The van der Waals surface area contributed by atoms with Crippen molar-refractivity contribution in [3.05, 3.63) is 59.9 Å². The van der Waals surface area contributed by atoms with Crippen LogP contribution in [0.3, 0.4) is 0 Å². The molecule has 1 amide bonds. The molecule has 1 fully saturated rings. The molecule has 1 aliphatic rings. The molecular formula is C21H27N5O. The van der Waals surface area contributed by atoms with Crippen molar-refractivity contribution in [3.8, 4) is 0 Å². The zero-order valence-electron chi connectivity index (χ0n) is 15.5. The van der Waals surface area contributed by atoms with Crippen LogP contribution in [0, 0.1) is 5.92 Å². The number of carbonyl (C=O) groups excluding carboxylic acids is 1. The first-order valence-electron chi connectivity index (χ1n) is 9.54. The van der Waals surface area contributed by atoms with Crippen molar-refractivity contribution in [1.82, 2.24) is 10.3 Å². The van der Waals surface area contributed by atoms with E-state index in [1.807, 2.05) is 42.5 Å². The molecule has 0 atom stereocenters. The van der Waals surface area contributed by atoms with Gasteiger partial charge in [0.2, 0.25) is 5.91 Å². The van der Waals surface area contributed by atoms with Crippen molar-refractivity contribution in [2.75, 3.05) is 11.9 Å². The molecule has 3 rings (SSSR count). The molecule has 0 spiro atoms. The van der Waals surface area contributed by atoms with Crippen LogP contribution in [0.1, 0.15) is 36.9 Å². The number of nitrogens with one attached hydrogen (secondary N) is 2. The van der Waals surface area contributed by atoms with E-state index >= 15 is 0 Å². The third kappa shape index (κ3) is 6.09. The summed E-state index contributed by atoms with van der Waals surface area (Å²) in [6.07, 6.45) is 6.87. The quantitative estimate of drug-likeness (QED) is 0.520. The van der Waals surface area contributed by atoms with Gasteiger partial charge in [-0.05, 0) is 42.7 Å². The summed E-state index contributed by atoms with van der Waals surface area (Å²) in [6, 6.07) is 13.6. The Morgan fingerprint density at radius 3 is 2.81 bits per heavy atom. The summed E-state index contributed by atoms with van der Waals surface area (Å²) in [4.78, 5) is 20.9. The lowest BCUT2D eigenvalue weighted by Gasteiger charge is -2.11. The molecule has 1 heterocycles. The van der Waals surface area contributed by atoms with Gasteiger partial charge in [0.15, 0.2) is 5.96 Å². The zero-order chi connectivity index (χ0) is 18.9. The number of anilines is 1. The number of benzene rings is 1. The van der Waals surface area contributed by atoms with E-state index in [1.165, 1.54) is 0 Å². The minimum Gasteiger partial charge on any atom is -0.370 e. The van der Waals surface area contributed by atoms with Crippen LogP contribution in [0.4, 0.5) is 5.69 Å². The molecule has 0 unspecified atom stereocenters. The Morgan fingerprint density at radius 2 is 2.04 bits per heavy atom. The summed E-state index contributed by atoms with van der Waals surface area (Å²) in [7, 11) is 0. The lowest BCUT2D eigenvalue weighted by atomic mass is 10.1. The maximum Gasteiger partial charge on any atom is 0.227 e. The molecule has 1 aromatic carbocycles. The second-order valence-electron chi connectivity index (χ2n) is 6.87. The van der Waals surface area contributed by atoms with Crippen molar-refractivity contribution < 1.29 is 4.79 Å². The first kappa shape index (κ1) is 18.9. The van der Waals surface area contributed by atoms with Crippen molar-refractivity contribution >= 4 is 17.6 Å². The van der Waals surface area contributed by atoms with Crippen LogP contribution in [0.25, 0.3) is 0 Å². The lowest BCUT2D eigenvalue weighted by Crippen LogP contribution is -2.33. The maximum atomic E-state index is 12.3. The molecule has 142 valence electrons. The highest BCUT2D eigenvalue weighted by Gasteiger charge is 2.22. The zero-order valence-corrected chi connectivity index (χ0v) is 15.5. The Balaban J connectivity index is 1.46. The van der Waals surface area contributed by atoms with Gasteiger partial charge >= 0.3 is 0 Å². The van der Waals surface area contributed by atoms with Gasteiger partial charge < -0.3 is 16.4 Å². The van der Waals surface area contributed by atoms with E-state index in [1.54, 1.807) is 6.20 Å². The summed E-state index contributed by atoms with van der Waals surface area (Å²) < 4.78 is 0. The largest absolute Gasteiger partial charge is 0.370 e. The number of hydrogen-bond acceptors (Lipinski definition) is 3. The smallest absolute Gasteiger partial charge is 0.227 e. The molecule has 0 radical (unpaired) electrons. The molecule has 1 aromatic heterocycles. The highest BCUT2D eigenvalue weighted by molar-refractivity contribution is 5.92. The van der Waals surface area contributed by atoms with Gasteiger partial charge in [-0.3, -0.25) is 9.78 Å². The molecule has 27 heavy (non-hydrogen) atoms. The van der Waals surface area contributed by atoms with Gasteiger partial charge in [-0.2, -0.15) is 0 Å². The van der Waals surface area contributed by atoms with Crippen LogP contribution in [0.5, 0.6) is 0 Å². The number of amides is 1. The number of carbonyl (C=O) groups is 1. The molecule has 6 heteroatoms. The third-order valence-electron chi connectivity index (χ3n) is 4.77. The normalized spacial score (nSPS) is 14.9. The Bertz CT molecular complexity index is 769. The number of pyridine rings is 1. The number of nitrogens with two attached hydrogens (primary N) is 1. The summed E-state index contributed by atoms with van der Waals surface area (Å²) in [5, 5.41) is 6.13. The Hall–Kier alpha value is -2.89. The van der Waals surface area contributed by atoms with Gasteiger partial charge in [-0.15, -0.1) is 0 Å². The molecule has 0 saturated heterocycles. The number of hydrogen-bond donors (Lipinski definition) is 3. The second kappa shape index (κ2) is 9.71. The van der Waals surface area contributed by atoms with E-state index < -0.39 is 0 Å². The van der Waals surface area contributed by atoms with Crippen molar-refractivity contribution in [3.63, 3.8) is 0 Å². The van der Waals surface area contributed by atoms with Gasteiger partial charge in [0.25, 0.3) is 0 Å². The Kier molecular flexibility index (Phi) is 6.79. The molecule has 1 aliphatic carbocycles. The Labute approximate surface area is 160 Å². The van der Waals surface area contributed by atoms with E-state index in [0.29, 0.717) is 19.0 Å². The van der Waals surface area contributed by atoms with E-state index in [-0.39, 0.29) is 11.8 Å². The first-order valence-corrected chi connectivity index (χ1v) is 9.54. The highest BCUT2D eigenvalue weighted by Crippen LogP contribution is 2.26. The van der Waals surface area contributed by atoms with Crippen molar-refractivity contribution in [2.24, 2.45) is 16.6 Å². The number of aliphatic imine (C=N–C) groups is 1. The summed E-state index contributed by atoms with van der Waals surface area (Å²) in [5.74, 6) is 0.695. The highest BCUT2D eigenvalue weighted by atomic mass is 16.1. The van der Waals surface area contributed by atoms with Crippen LogP contribution >= 0.6 is 0 Å². The topological polar surface area (TPSA) is 92.4 Å². The average molecular weight is 365 g/mol. The minimum atomic E-state index is 0.129. The first-order chi connectivity index (χ1) is 13.2. The average Bonchev–Trinajstić information content (AvgIpc) is 3.23. The van der Waals surface area contributed by atoms with Crippen LogP contribution in [-0.4, -0.2) is 23.4 Å². The van der Waals surface area contributed by atoms with Gasteiger partial charge in [-0.25, -0.2) is 4.99 Å². The molecule has 0 bridgehead atoms. The van der Waals surface area contributed by atoms with E-state index in [2.05, 4.69) is 20.6 Å². The molecule has 0 aliphatic heterocycles. The summed E-state index contributed by atoms with van der Waals surface area (Å²) in [5.41, 5.74) is 8.78. The van der Waals surface area contributed by atoms with Crippen LogP contribution in [0.2, 0.25) is 0 Å². The molecule has 2 aromatic rings. The van der Waals surface area contributed by atoms with Crippen LogP contribution in [-0.2, 0) is 17.8 Å². The van der Waals surface area contributed by atoms with Crippen molar-refractivity contribution in [2.45, 2.75) is 38.6 Å². The number of rotatable bonds is 7. The molecule has 6 nitrogen and oxygen atoms in total. The van der Waals surface area contributed by atoms with Gasteiger partial charge in [-0.1, -0.05) is 31.0 Å². The molecule has 1 saturated carbocycles.